The Morgan fingerprint density at radius 1 is 0.929 bits per heavy atom. The van der Waals surface area contributed by atoms with Crippen molar-refractivity contribution in [3.8, 4) is 5.69 Å². The molecular weight excluding hydrogens is 370 g/mol. The lowest BCUT2D eigenvalue weighted by molar-refractivity contribution is 0.0940. The fourth-order valence-electron chi connectivity index (χ4n) is 2.89. The Balaban J connectivity index is 1.47. The molecule has 1 amide bonds. The van der Waals surface area contributed by atoms with Crippen LogP contribution in [0.2, 0.25) is 0 Å². The van der Waals surface area contributed by atoms with Crippen LogP contribution in [0.5, 0.6) is 0 Å². The summed E-state index contributed by atoms with van der Waals surface area (Å²) in [7, 11) is 0. The van der Waals surface area contributed by atoms with Gasteiger partial charge in [0.25, 0.3) is 5.91 Å². The van der Waals surface area contributed by atoms with Gasteiger partial charge < -0.3 is 5.32 Å². The van der Waals surface area contributed by atoms with Gasteiger partial charge in [-0.05, 0) is 41.3 Å². The van der Waals surface area contributed by atoms with E-state index in [9.17, 15) is 9.59 Å². The highest BCUT2D eigenvalue weighted by atomic mass is 32.1. The van der Waals surface area contributed by atoms with Gasteiger partial charge in [0.1, 0.15) is 0 Å². The van der Waals surface area contributed by atoms with E-state index in [1.165, 1.54) is 11.3 Å². The molecule has 4 aromatic rings. The lowest BCUT2D eigenvalue weighted by atomic mass is 10.0. The number of hydrogen-bond donors (Lipinski definition) is 1. The number of amides is 1. The summed E-state index contributed by atoms with van der Waals surface area (Å²) in [6, 6.07) is 20.1. The zero-order chi connectivity index (χ0) is 19.3. The van der Waals surface area contributed by atoms with Crippen molar-refractivity contribution >= 4 is 23.0 Å². The van der Waals surface area contributed by atoms with Gasteiger partial charge in [0.2, 0.25) is 5.78 Å². The molecule has 5 nitrogen and oxygen atoms in total. The summed E-state index contributed by atoms with van der Waals surface area (Å²) in [5.41, 5.74) is 2.71. The molecule has 0 aliphatic heterocycles. The number of hydrogen-bond acceptors (Lipinski definition) is 4. The Morgan fingerprint density at radius 3 is 2.39 bits per heavy atom. The van der Waals surface area contributed by atoms with E-state index >= 15 is 0 Å². The van der Waals surface area contributed by atoms with Crippen LogP contribution in [0.4, 0.5) is 0 Å². The van der Waals surface area contributed by atoms with Gasteiger partial charge in [-0.1, -0.05) is 36.4 Å². The van der Waals surface area contributed by atoms with E-state index < -0.39 is 0 Å². The zero-order valence-electron chi connectivity index (χ0n) is 14.9. The Bertz CT molecular complexity index is 1090. The molecule has 28 heavy (non-hydrogen) atoms. The third-order valence-electron chi connectivity index (χ3n) is 4.32. The van der Waals surface area contributed by atoms with Crippen LogP contribution in [0.25, 0.3) is 5.69 Å². The van der Waals surface area contributed by atoms with Gasteiger partial charge in [-0.15, -0.1) is 11.3 Å². The second-order valence-corrected chi connectivity index (χ2v) is 7.10. The summed E-state index contributed by atoms with van der Waals surface area (Å²) in [6.45, 7) is 0.375. The molecule has 1 N–H and O–H groups in total. The van der Waals surface area contributed by atoms with Crippen LogP contribution in [0.15, 0.2) is 84.5 Å². The molecule has 0 saturated carbocycles. The molecule has 0 unspecified atom stereocenters. The topological polar surface area (TPSA) is 64.0 Å². The average molecular weight is 387 g/mol. The van der Waals surface area contributed by atoms with Gasteiger partial charge in [0, 0.05) is 24.5 Å². The molecule has 2 aromatic heterocycles. The lowest BCUT2D eigenvalue weighted by Gasteiger charge is -2.10. The Labute approximate surface area is 166 Å². The highest BCUT2D eigenvalue weighted by Gasteiger charge is 2.18. The maximum atomic E-state index is 12.7. The molecule has 0 aliphatic rings. The number of carbonyl (C=O) groups is 2. The van der Waals surface area contributed by atoms with Gasteiger partial charge in [-0.3, -0.25) is 9.59 Å². The van der Waals surface area contributed by atoms with Crippen molar-refractivity contribution in [2.45, 2.75) is 6.54 Å². The van der Waals surface area contributed by atoms with Gasteiger partial charge >= 0.3 is 0 Å². The summed E-state index contributed by atoms with van der Waals surface area (Å²) < 4.78 is 1.77. The molecule has 138 valence electrons. The first-order valence-corrected chi connectivity index (χ1v) is 9.65. The Kier molecular flexibility index (Phi) is 5.12. The number of rotatable bonds is 6. The molecule has 0 bridgehead atoms. The van der Waals surface area contributed by atoms with Crippen molar-refractivity contribution in [1.82, 2.24) is 15.1 Å². The first kappa shape index (κ1) is 17.9. The van der Waals surface area contributed by atoms with E-state index in [-0.39, 0.29) is 11.7 Å². The number of thiophene rings is 1. The summed E-state index contributed by atoms with van der Waals surface area (Å²) in [4.78, 5) is 26.0. The summed E-state index contributed by atoms with van der Waals surface area (Å²) in [5, 5.41) is 8.94. The van der Waals surface area contributed by atoms with Crippen molar-refractivity contribution in [3.05, 3.63) is 106 Å². The van der Waals surface area contributed by atoms with Crippen LogP contribution >= 0.6 is 11.3 Å². The molecular formula is C22H17N3O2S. The fourth-order valence-corrected chi connectivity index (χ4v) is 3.56. The number of nitrogens with zero attached hydrogens (tertiary/aromatic N) is 2. The SMILES string of the molecule is O=C(NCc1ccc(-n2cccn2)cc1)c1ccccc1C(=O)c1cccs1. The molecule has 4 rings (SSSR count). The molecule has 0 radical (unpaired) electrons. The Morgan fingerprint density at radius 2 is 1.71 bits per heavy atom. The van der Waals surface area contributed by atoms with E-state index in [4.69, 9.17) is 0 Å². The first-order chi connectivity index (χ1) is 13.7. The van der Waals surface area contributed by atoms with Crippen molar-refractivity contribution in [1.29, 1.82) is 0 Å². The van der Waals surface area contributed by atoms with E-state index in [2.05, 4.69) is 10.4 Å². The van der Waals surface area contributed by atoms with E-state index in [0.29, 0.717) is 22.5 Å². The van der Waals surface area contributed by atoms with Crippen LogP contribution in [0.1, 0.15) is 31.2 Å². The van der Waals surface area contributed by atoms with E-state index in [0.717, 1.165) is 11.3 Å². The maximum absolute atomic E-state index is 12.7. The molecule has 0 atom stereocenters. The van der Waals surface area contributed by atoms with Gasteiger partial charge in [0.05, 0.1) is 16.1 Å². The highest BCUT2D eigenvalue weighted by Crippen LogP contribution is 2.18. The average Bonchev–Trinajstić information content (AvgIpc) is 3.46. The summed E-state index contributed by atoms with van der Waals surface area (Å²) in [6.07, 6.45) is 3.60. The summed E-state index contributed by atoms with van der Waals surface area (Å²) >= 11 is 1.37. The van der Waals surface area contributed by atoms with Crippen molar-refractivity contribution in [3.63, 3.8) is 0 Å². The minimum absolute atomic E-state index is 0.135. The number of benzene rings is 2. The highest BCUT2D eigenvalue weighted by molar-refractivity contribution is 7.12. The first-order valence-electron chi connectivity index (χ1n) is 8.77. The van der Waals surface area contributed by atoms with Crippen molar-refractivity contribution < 1.29 is 9.59 Å². The number of carbonyl (C=O) groups excluding carboxylic acids is 2. The van der Waals surface area contributed by atoms with Crippen LogP contribution in [-0.2, 0) is 6.54 Å². The van der Waals surface area contributed by atoms with Gasteiger partial charge in [-0.2, -0.15) is 5.10 Å². The predicted molar refractivity (Wildman–Crippen MR) is 109 cm³/mol. The summed E-state index contributed by atoms with van der Waals surface area (Å²) in [5.74, 6) is -0.402. The van der Waals surface area contributed by atoms with Crippen LogP contribution in [-0.4, -0.2) is 21.5 Å². The quantitative estimate of drug-likeness (QED) is 0.507. The maximum Gasteiger partial charge on any atom is 0.252 e. The minimum atomic E-state index is -0.267. The van der Waals surface area contributed by atoms with E-state index in [1.807, 2.05) is 48.0 Å². The molecule has 0 saturated heterocycles. The largest absolute Gasteiger partial charge is 0.348 e. The van der Waals surface area contributed by atoms with Gasteiger partial charge in [-0.25, -0.2) is 4.68 Å². The molecule has 0 aliphatic carbocycles. The standard InChI is InChI=1S/C22H17N3O2S/c26-21(20-7-3-14-28-20)18-5-1-2-6-19(18)22(27)23-15-16-8-10-17(11-9-16)25-13-4-12-24-25/h1-14H,15H2,(H,23,27). The number of ketones is 1. The molecule has 6 heteroatoms. The second kappa shape index (κ2) is 8.02. The van der Waals surface area contributed by atoms with Crippen LogP contribution < -0.4 is 5.32 Å². The normalized spacial score (nSPS) is 10.6. The second-order valence-electron chi connectivity index (χ2n) is 6.15. The minimum Gasteiger partial charge on any atom is -0.348 e. The molecule has 2 heterocycles. The van der Waals surface area contributed by atoms with E-state index in [1.54, 1.807) is 41.2 Å². The fraction of sp³-hybridized carbons (Fsp3) is 0.0455. The smallest absolute Gasteiger partial charge is 0.252 e. The van der Waals surface area contributed by atoms with Crippen LogP contribution in [0.3, 0.4) is 0 Å². The van der Waals surface area contributed by atoms with Crippen molar-refractivity contribution in [2.24, 2.45) is 0 Å². The zero-order valence-corrected chi connectivity index (χ0v) is 15.7. The lowest BCUT2D eigenvalue weighted by Crippen LogP contribution is -2.25. The molecule has 0 spiro atoms. The molecule has 0 fully saturated rings. The monoisotopic (exact) mass is 387 g/mol. The van der Waals surface area contributed by atoms with Gasteiger partial charge in [0.15, 0.2) is 0 Å². The number of aromatic nitrogens is 2. The van der Waals surface area contributed by atoms with Crippen molar-refractivity contribution in [2.75, 3.05) is 0 Å². The third kappa shape index (κ3) is 3.77. The predicted octanol–water partition coefficient (Wildman–Crippen LogP) is 4.09. The third-order valence-corrected chi connectivity index (χ3v) is 5.19. The number of nitrogens with one attached hydrogen (secondary N) is 1. The Hall–Kier alpha value is -3.51. The van der Waals surface area contributed by atoms with Crippen LogP contribution in [0, 0.1) is 0 Å². The molecule has 2 aromatic carbocycles.